The number of carbonyl (C=O) groups excluding carboxylic acids is 1. The molecule has 0 aliphatic rings. The van der Waals surface area contributed by atoms with Gasteiger partial charge in [0.25, 0.3) is 0 Å². The second-order valence-corrected chi connectivity index (χ2v) is 10.5. The van der Waals surface area contributed by atoms with E-state index < -0.39 is 11.8 Å². The maximum atomic E-state index is 12.0. The Morgan fingerprint density at radius 2 is 1.66 bits per heavy atom. The van der Waals surface area contributed by atoms with Crippen LogP contribution in [0.1, 0.15) is 58.2 Å². The molecule has 198 valence electrons. The highest BCUT2D eigenvalue weighted by atomic mass is 16.5. The van der Waals surface area contributed by atoms with Gasteiger partial charge in [-0.25, -0.2) is 4.98 Å². The highest BCUT2D eigenvalue weighted by Gasteiger charge is 2.32. The molecule has 0 radical (unpaired) electrons. The van der Waals surface area contributed by atoms with Gasteiger partial charge in [-0.3, -0.25) is 4.79 Å². The van der Waals surface area contributed by atoms with Gasteiger partial charge in [0, 0.05) is 11.6 Å². The third-order valence-electron chi connectivity index (χ3n) is 7.38. The zero-order chi connectivity index (χ0) is 27.0. The van der Waals surface area contributed by atoms with Crippen LogP contribution >= 0.6 is 0 Å². The first kappa shape index (κ1) is 27.0. The number of aromatic amines is 1. The first-order valence-corrected chi connectivity index (χ1v) is 13.1. The Kier molecular flexibility index (Phi) is 8.84. The second kappa shape index (κ2) is 12.4. The van der Waals surface area contributed by atoms with E-state index in [4.69, 9.17) is 15.5 Å². The molecule has 0 aliphatic carbocycles. The van der Waals surface area contributed by atoms with E-state index >= 15 is 0 Å². The summed E-state index contributed by atoms with van der Waals surface area (Å²) in [6.45, 7) is 7.18. The lowest BCUT2D eigenvalue weighted by atomic mass is 9.72. The van der Waals surface area contributed by atoms with Gasteiger partial charge in [-0.2, -0.15) is 5.21 Å². The number of ether oxygens (including phenoxy) is 1. The number of hydrogen-bond donors (Lipinski definition) is 2. The molecule has 38 heavy (non-hydrogen) atoms. The number of rotatable bonds is 13. The third kappa shape index (κ3) is 7.03. The fourth-order valence-corrected chi connectivity index (χ4v) is 4.58. The molecule has 4 aromatic rings. The number of primary amides is 1. The van der Waals surface area contributed by atoms with Crippen LogP contribution in [0.25, 0.3) is 22.4 Å². The van der Waals surface area contributed by atoms with E-state index in [0.29, 0.717) is 24.7 Å². The van der Waals surface area contributed by atoms with Gasteiger partial charge in [-0.15, -0.1) is 10.2 Å². The summed E-state index contributed by atoms with van der Waals surface area (Å²) in [4.78, 5) is 16.8. The summed E-state index contributed by atoms with van der Waals surface area (Å²) >= 11 is 0. The SMILES string of the molecule is CC(CC(C(N)=O)c1nn[nH]n1)C(C)(C)CCCCOc1cc(-c2ccccc2)cc(-c2ccccc2)n1. The Bertz CT molecular complexity index is 1240. The van der Waals surface area contributed by atoms with Crippen molar-refractivity contribution in [2.75, 3.05) is 6.61 Å². The average molecular weight is 513 g/mol. The molecule has 3 N–H and O–H groups in total. The van der Waals surface area contributed by atoms with Crippen LogP contribution in [-0.2, 0) is 4.79 Å². The summed E-state index contributed by atoms with van der Waals surface area (Å²) in [6, 6.07) is 24.6. The molecule has 0 saturated carbocycles. The Hall–Kier alpha value is -4.07. The molecule has 2 aromatic carbocycles. The van der Waals surface area contributed by atoms with Gasteiger partial charge in [0.15, 0.2) is 5.82 Å². The number of tetrazole rings is 1. The highest BCUT2D eigenvalue weighted by Crippen LogP contribution is 2.38. The number of unbranched alkanes of at least 4 members (excludes halogenated alkanes) is 1. The van der Waals surface area contributed by atoms with Crippen molar-refractivity contribution < 1.29 is 9.53 Å². The summed E-state index contributed by atoms with van der Waals surface area (Å²) in [6.07, 6.45) is 3.46. The molecule has 8 heteroatoms. The van der Waals surface area contributed by atoms with E-state index in [0.717, 1.165) is 41.6 Å². The van der Waals surface area contributed by atoms with Gasteiger partial charge < -0.3 is 10.5 Å². The number of pyridine rings is 1. The Balaban J connectivity index is 1.35. The molecule has 1 amide bonds. The monoisotopic (exact) mass is 512 g/mol. The van der Waals surface area contributed by atoms with Crippen LogP contribution in [0.5, 0.6) is 5.88 Å². The fraction of sp³-hybridized carbons (Fsp3) is 0.367. The molecule has 0 fully saturated rings. The standard InChI is InChI=1S/C30H36N6O2/c1-21(18-25(28(31)37)29-33-35-36-34-29)30(2,3)16-10-11-17-38-27-20-24(22-12-6-4-7-13-22)19-26(32-27)23-14-8-5-9-15-23/h4-9,12-15,19-21,25H,10-11,16-18H2,1-3H3,(H2,31,37)(H,33,34,35,36). The maximum Gasteiger partial charge on any atom is 0.228 e. The number of aromatic nitrogens is 5. The number of carbonyl (C=O) groups is 1. The minimum atomic E-state index is -0.548. The number of benzene rings is 2. The smallest absolute Gasteiger partial charge is 0.228 e. The predicted octanol–water partition coefficient (Wildman–Crippen LogP) is 5.80. The molecule has 4 rings (SSSR count). The van der Waals surface area contributed by atoms with E-state index in [2.05, 4.69) is 71.7 Å². The minimum Gasteiger partial charge on any atom is -0.478 e. The van der Waals surface area contributed by atoms with Crippen molar-refractivity contribution in [1.29, 1.82) is 0 Å². The summed E-state index contributed by atoms with van der Waals surface area (Å²) < 4.78 is 6.15. The molecule has 0 bridgehead atoms. The number of hydrogen-bond acceptors (Lipinski definition) is 6. The number of nitrogens with one attached hydrogen (secondary N) is 1. The third-order valence-corrected chi connectivity index (χ3v) is 7.38. The normalized spacial score (nSPS) is 13.1. The Labute approximate surface area is 224 Å². The summed E-state index contributed by atoms with van der Waals surface area (Å²) in [5.41, 5.74) is 9.78. The van der Waals surface area contributed by atoms with Gasteiger partial charge in [0.2, 0.25) is 11.8 Å². The summed E-state index contributed by atoms with van der Waals surface area (Å²) in [5, 5.41) is 13.9. The molecule has 0 spiro atoms. The molecule has 2 heterocycles. The van der Waals surface area contributed by atoms with Crippen LogP contribution in [0, 0.1) is 11.3 Å². The van der Waals surface area contributed by atoms with Gasteiger partial charge in [0.1, 0.15) is 5.92 Å². The van der Waals surface area contributed by atoms with Crippen molar-refractivity contribution in [2.24, 2.45) is 17.1 Å². The topological polar surface area (TPSA) is 120 Å². The molecule has 8 nitrogen and oxygen atoms in total. The van der Waals surface area contributed by atoms with Crippen LogP contribution in [0.15, 0.2) is 72.8 Å². The molecular weight excluding hydrogens is 476 g/mol. The van der Waals surface area contributed by atoms with Crippen molar-refractivity contribution >= 4 is 5.91 Å². The molecule has 0 saturated heterocycles. The van der Waals surface area contributed by atoms with Crippen molar-refractivity contribution in [3.8, 4) is 28.3 Å². The van der Waals surface area contributed by atoms with Crippen molar-refractivity contribution in [3.05, 3.63) is 78.6 Å². The minimum absolute atomic E-state index is 0.00336. The largest absolute Gasteiger partial charge is 0.478 e. The lowest BCUT2D eigenvalue weighted by Crippen LogP contribution is -2.29. The van der Waals surface area contributed by atoms with E-state index in [9.17, 15) is 4.79 Å². The molecule has 2 aromatic heterocycles. The summed E-state index contributed by atoms with van der Waals surface area (Å²) in [7, 11) is 0. The zero-order valence-electron chi connectivity index (χ0n) is 22.3. The van der Waals surface area contributed by atoms with Gasteiger partial charge in [0.05, 0.1) is 12.3 Å². The van der Waals surface area contributed by atoms with E-state index in [1.54, 1.807) is 0 Å². The van der Waals surface area contributed by atoms with Crippen LogP contribution in [0.3, 0.4) is 0 Å². The zero-order valence-corrected chi connectivity index (χ0v) is 22.3. The second-order valence-electron chi connectivity index (χ2n) is 10.5. The van der Waals surface area contributed by atoms with Gasteiger partial charge in [-0.1, -0.05) is 86.6 Å². The van der Waals surface area contributed by atoms with Crippen molar-refractivity contribution in [3.63, 3.8) is 0 Å². The van der Waals surface area contributed by atoms with Gasteiger partial charge in [-0.05, 0) is 54.2 Å². The number of nitrogens with two attached hydrogens (primary N) is 1. The maximum absolute atomic E-state index is 12.0. The molecule has 2 unspecified atom stereocenters. The van der Waals surface area contributed by atoms with E-state index in [1.807, 2.05) is 42.5 Å². The quantitative estimate of drug-likeness (QED) is 0.219. The van der Waals surface area contributed by atoms with E-state index in [1.165, 1.54) is 0 Å². The highest BCUT2D eigenvalue weighted by molar-refractivity contribution is 5.80. The number of nitrogens with zero attached hydrogens (tertiary/aromatic N) is 4. The first-order valence-electron chi connectivity index (χ1n) is 13.1. The van der Waals surface area contributed by atoms with Crippen LogP contribution in [-0.4, -0.2) is 38.1 Å². The van der Waals surface area contributed by atoms with Crippen molar-refractivity contribution in [2.45, 2.75) is 52.4 Å². The lowest BCUT2D eigenvalue weighted by molar-refractivity contribution is -0.120. The van der Waals surface area contributed by atoms with Crippen LogP contribution < -0.4 is 10.5 Å². The Morgan fingerprint density at radius 1 is 0.974 bits per heavy atom. The van der Waals surface area contributed by atoms with Crippen LogP contribution in [0.4, 0.5) is 0 Å². The fourth-order valence-electron chi connectivity index (χ4n) is 4.58. The molecule has 2 atom stereocenters. The Morgan fingerprint density at radius 3 is 2.29 bits per heavy atom. The van der Waals surface area contributed by atoms with Crippen LogP contribution in [0.2, 0.25) is 0 Å². The first-order chi connectivity index (χ1) is 18.3. The van der Waals surface area contributed by atoms with E-state index in [-0.39, 0.29) is 11.3 Å². The lowest BCUT2D eigenvalue weighted by Gasteiger charge is -2.33. The average Bonchev–Trinajstić information content (AvgIpc) is 3.46. The number of amides is 1. The predicted molar refractivity (Wildman–Crippen MR) is 148 cm³/mol. The number of H-pyrrole nitrogens is 1. The van der Waals surface area contributed by atoms with Crippen molar-refractivity contribution in [1.82, 2.24) is 25.6 Å². The van der Waals surface area contributed by atoms with Gasteiger partial charge >= 0.3 is 0 Å². The summed E-state index contributed by atoms with van der Waals surface area (Å²) in [5.74, 6) is 0.240. The molecular formula is C30H36N6O2. The molecule has 0 aliphatic heterocycles.